The SMILES string of the molecule is Cc1nn(-c2cccc(O)c2)c2c1CCNC2. The van der Waals surface area contributed by atoms with E-state index in [1.165, 1.54) is 11.3 Å². The molecule has 88 valence electrons. The molecule has 0 amide bonds. The van der Waals surface area contributed by atoms with E-state index < -0.39 is 0 Å². The third kappa shape index (κ3) is 1.70. The first-order chi connectivity index (χ1) is 8.25. The Kier molecular flexibility index (Phi) is 2.37. The van der Waals surface area contributed by atoms with Crippen molar-refractivity contribution in [2.24, 2.45) is 0 Å². The van der Waals surface area contributed by atoms with Crippen LogP contribution < -0.4 is 5.32 Å². The Bertz CT molecular complexity index is 560. The van der Waals surface area contributed by atoms with Crippen molar-refractivity contribution in [2.45, 2.75) is 19.9 Å². The zero-order valence-electron chi connectivity index (χ0n) is 9.77. The summed E-state index contributed by atoms with van der Waals surface area (Å²) in [7, 11) is 0. The minimum absolute atomic E-state index is 0.271. The number of aromatic hydroxyl groups is 1. The minimum Gasteiger partial charge on any atom is -0.508 e. The molecule has 2 N–H and O–H groups in total. The molecule has 2 heterocycles. The Balaban J connectivity index is 2.15. The van der Waals surface area contributed by atoms with E-state index in [4.69, 9.17) is 0 Å². The second-order valence-corrected chi connectivity index (χ2v) is 4.37. The Morgan fingerprint density at radius 1 is 1.41 bits per heavy atom. The Morgan fingerprint density at radius 2 is 2.29 bits per heavy atom. The molecule has 0 aliphatic carbocycles. The third-order valence-electron chi connectivity index (χ3n) is 3.21. The van der Waals surface area contributed by atoms with Crippen LogP contribution in [0.4, 0.5) is 0 Å². The number of aryl methyl sites for hydroxylation is 1. The first-order valence-corrected chi connectivity index (χ1v) is 5.83. The van der Waals surface area contributed by atoms with Gasteiger partial charge in [-0.15, -0.1) is 0 Å². The molecule has 3 rings (SSSR count). The molecular weight excluding hydrogens is 214 g/mol. The highest BCUT2D eigenvalue weighted by Gasteiger charge is 2.18. The van der Waals surface area contributed by atoms with Crippen molar-refractivity contribution < 1.29 is 5.11 Å². The monoisotopic (exact) mass is 229 g/mol. The van der Waals surface area contributed by atoms with E-state index in [1.54, 1.807) is 12.1 Å². The Labute approximate surface area is 99.9 Å². The van der Waals surface area contributed by atoms with Gasteiger partial charge in [0, 0.05) is 12.6 Å². The van der Waals surface area contributed by atoms with Crippen LogP contribution in [0.3, 0.4) is 0 Å². The summed E-state index contributed by atoms with van der Waals surface area (Å²) in [4.78, 5) is 0. The number of nitrogens with zero attached hydrogens (tertiary/aromatic N) is 2. The predicted molar refractivity (Wildman–Crippen MR) is 65.4 cm³/mol. The van der Waals surface area contributed by atoms with Gasteiger partial charge in [-0.2, -0.15) is 5.10 Å². The number of benzene rings is 1. The highest BCUT2D eigenvalue weighted by atomic mass is 16.3. The van der Waals surface area contributed by atoms with Crippen molar-refractivity contribution in [3.05, 3.63) is 41.2 Å². The number of aromatic nitrogens is 2. The lowest BCUT2D eigenvalue weighted by Gasteiger charge is -2.15. The van der Waals surface area contributed by atoms with Crippen LogP contribution in [0.1, 0.15) is 17.0 Å². The zero-order valence-corrected chi connectivity index (χ0v) is 9.77. The molecule has 0 atom stereocenters. The molecule has 0 fully saturated rings. The molecule has 0 unspecified atom stereocenters. The molecule has 1 aliphatic rings. The van der Waals surface area contributed by atoms with Gasteiger partial charge in [0.05, 0.1) is 17.1 Å². The summed E-state index contributed by atoms with van der Waals surface area (Å²) in [6.07, 6.45) is 1.03. The van der Waals surface area contributed by atoms with Gasteiger partial charge in [0.25, 0.3) is 0 Å². The summed E-state index contributed by atoms with van der Waals surface area (Å²) in [5.74, 6) is 0.271. The predicted octanol–water partition coefficient (Wildman–Crippen LogP) is 1.53. The van der Waals surface area contributed by atoms with E-state index in [1.807, 2.05) is 23.7 Å². The lowest BCUT2D eigenvalue weighted by Crippen LogP contribution is -2.25. The maximum absolute atomic E-state index is 9.53. The molecule has 1 aliphatic heterocycles. The number of hydrogen-bond acceptors (Lipinski definition) is 3. The second kappa shape index (κ2) is 3.89. The summed E-state index contributed by atoms with van der Waals surface area (Å²) in [5, 5.41) is 17.5. The van der Waals surface area contributed by atoms with Gasteiger partial charge in [0.15, 0.2) is 0 Å². The van der Waals surface area contributed by atoms with Crippen molar-refractivity contribution >= 4 is 0 Å². The van der Waals surface area contributed by atoms with Gasteiger partial charge in [-0.05, 0) is 37.6 Å². The summed E-state index contributed by atoms with van der Waals surface area (Å²) < 4.78 is 1.93. The van der Waals surface area contributed by atoms with Gasteiger partial charge in [0.2, 0.25) is 0 Å². The molecule has 2 aromatic rings. The van der Waals surface area contributed by atoms with Gasteiger partial charge in [-0.25, -0.2) is 4.68 Å². The lowest BCUT2D eigenvalue weighted by atomic mass is 10.1. The van der Waals surface area contributed by atoms with Crippen molar-refractivity contribution in [3.8, 4) is 11.4 Å². The van der Waals surface area contributed by atoms with E-state index in [0.29, 0.717) is 0 Å². The number of phenolic OH excluding ortho intramolecular Hbond substituents is 1. The van der Waals surface area contributed by atoms with Crippen LogP contribution in [0.5, 0.6) is 5.75 Å². The van der Waals surface area contributed by atoms with Crippen LogP contribution in [-0.2, 0) is 13.0 Å². The fourth-order valence-electron chi connectivity index (χ4n) is 2.37. The zero-order chi connectivity index (χ0) is 11.8. The van der Waals surface area contributed by atoms with Gasteiger partial charge >= 0.3 is 0 Å². The van der Waals surface area contributed by atoms with Gasteiger partial charge in [-0.1, -0.05) is 6.07 Å². The van der Waals surface area contributed by atoms with Crippen molar-refractivity contribution in [1.29, 1.82) is 0 Å². The molecule has 17 heavy (non-hydrogen) atoms. The van der Waals surface area contributed by atoms with Gasteiger partial charge in [0.1, 0.15) is 5.75 Å². The summed E-state index contributed by atoms with van der Waals surface area (Å²) in [6, 6.07) is 7.21. The van der Waals surface area contributed by atoms with E-state index in [2.05, 4.69) is 10.4 Å². The molecule has 4 heteroatoms. The Morgan fingerprint density at radius 3 is 3.12 bits per heavy atom. The second-order valence-electron chi connectivity index (χ2n) is 4.37. The Hall–Kier alpha value is -1.81. The lowest BCUT2D eigenvalue weighted by molar-refractivity contribution is 0.474. The molecular formula is C13H15N3O. The topological polar surface area (TPSA) is 50.1 Å². The van der Waals surface area contributed by atoms with Crippen LogP contribution in [0, 0.1) is 6.92 Å². The van der Waals surface area contributed by atoms with Gasteiger partial charge < -0.3 is 10.4 Å². The van der Waals surface area contributed by atoms with Crippen molar-refractivity contribution in [1.82, 2.24) is 15.1 Å². The highest BCUT2D eigenvalue weighted by molar-refractivity contribution is 5.42. The first-order valence-electron chi connectivity index (χ1n) is 5.83. The number of phenols is 1. The van der Waals surface area contributed by atoms with Crippen molar-refractivity contribution in [3.63, 3.8) is 0 Å². The highest BCUT2D eigenvalue weighted by Crippen LogP contribution is 2.23. The van der Waals surface area contributed by atoms with E-state index >= 15 is 0 Å². The molecule has 0 bridgehead atoms. The van der Waals surface area contributed by atoms with Gasteiger partial charge in [-0.3, -0.25) is 0 Å². The normalized spacial score (nSPS) is 14.6. The summed E-state index contributed by atoms with van der Waals surface area (Å²) >= 11 is 0. The maximum Gasteiger partial charge on any atom is 0.117 e. The minimum atomic E-state index is 0.271. The van der Waals surface area contributed by atoms with E-state index in [0.717, 1.165) is 30.9 Å². The molecule has 0 radical (unpaired) electrons. The first kappa shape index (κ1) is 10.4. The average Bonchev–Trinajstić information content (AvgIpc) is 2.68. The van der Waals surface area contributed by atoms with E-state index in [9.17, 15) is 5.11 Å². The molecule has 0 spiro atoms. The molecule has 1 aromatic carbocycles. The smallest absolute Gasteiger partial charge is 0.117 e. The number of fused-ring (bicyclic) bond motifs is 1. The standard InChI is InChI=1S/C13H15N3O/c1-9-12-5-6-14-8-13(12)16(15-9)10-3-2-4-11(17)7-10/h2-4,7,14,17H,5-6,8H2,1H3. The number of nitrogens with one attached hydrogen (secondary N) is 1. The molecule has 0 saturated carbocycles. The van der Waals surface area contributed by atoms with Crippen LogP contribution in [0.2, 0.25) is 0 Å². The molecule has 0 saturated heterocycles. The number of hydrogen-bond donors (Lipinski definition) is 2. The number of rotatable bonds is 1. The largest absolute Gasteiger partial charge is 0.508 e. The van der Waals surface area contributed by atoms with Crippen LogP contribution in [0.15, 0.2) is 24.3 Å². The fourth-order valence-corrected chi connectivity index (χ4v) is 2.37. The van der Waals surface area contributed by atoms with E-state index in [-0.39, 0.29) is 5.75 Å². The quantitative estimate of drug-likeness (QED) is 0.779. The fraction of sp³-hybridized carbons (Fsp3) is 0.308. The third-order valence-corrected chi connectivity index (χ3v) is 3.21. The molecule has 4 nitrogen and oxygen atoms in total. The van der Waals surface area contributed by atoms with Crippen molar-refractivity contribution in [2.75, 3.05) is 6.54 Å². The van der Waals surface area contributed by atoms with Crippen LogP contribution >= 0.6 is 0 Å². The average molecular weight is 229 g/mol. The van der Waals surface area contributed by atoms with Crippen LogP contribution in [0.25, 0.3) is 5.69 Å². The molecule has 1 aromatic heterocycles. The maximum atomic E-state index is 9.53. The summed E-state index contributed by atoms with van der Waals surface area (Å²) in [6.45, 7) is 3.90. The van der Waals surface area contributed by atoms with Crippen LogP contribution in [-0.4, -0.2) is 21.4 Å². The summed E-state index contributed by atoms with van der Waals surface area (Å²) in [5.41, 5.74) is 4.55.